The molecular weight excluding hydrogens is 230 g/mol. The summed E-state index contributed by atoms with van der Waals surface area (Å²) in [6, 6.07) is 7.92. The highest BCUT2D eigenvalue weighted by Gasteiger charge is 2.13. The Balaban J connectivity index is 2.30. The largest absolute Gasteiger partial charge is 0.481 e. The molecule has 1 aromatic heterocycles. The van der Waals surface area contributed by atoms with Crippen LogP contribution in [0.5, 0.6) is 0 Å². The first kappa shape index (κ1) is 12.4. The molecule has 2 aromatic rings. The van der Waals surface area contributed by atoms with Crippen LogP contribution in [0.4, 0.5) is 0 Å². The summed E-state index contributed by atoms with van der Waals surface area (Å²) < 4.78 is 5.49. The van der Waals surface area contributed by atoms with Gasteiger partial charge in [-0.1, -0.05) is 19.1 Å². The number of carboxylic acids is 1. The standard InChI is InChI=1S/C14H15NO3/c1-3-10-4-6-11(7-5-10)14-15-9(2)12(18-14)8-13(16)17/h4-7H,3,8H2,1-2H3,(H,16,17). The van der Waals surface area contributed by atoms with Crippen molar-refractivity contribution in [2.24, 2.45) is 0 Å². The molecule has 1 N–H and O–H groups in total. The molecule has 0 amide bonds. The van der Waals surface area contributed by atoms with Gasteiger partial charge in [-0.25, -0.2) is 4.98 Å². The third kappa shape index (κ3) is 2.59. The van der Waals surface area contributed by atoms with Crippen LogP contribution in [0.2, 0.25) is 0 Å². The number of rotatable bonds is 4. The van der Waals surface area contributed by atoms with E-state index in [1.165, 1.54) is 5.56 Å². The highest BCUT2D eigenvalue weighted by atomic mass is 16.4. The Morgan fingerprint density at radius 1 is 1.33 bits per heavy atom. The molecule has 4 heteroatoms. The molecule has 2 rings (SSSR count). The molecule has 1 aromatic carbocycles. The fourth-order valence-corrected chi connectivity index (χ4v) is 1.74. The first-order valence-electron chi connectivity index (χ1n) is 5.87. The fraction of sp³-hybridized carbons (Fsp3) is 0.286. The Bertz CT molecular complexity index is 555. The molecule has 0 aliphatic heterocycles. The van der Waals surface area contributed by atoms with E-state index in [9.17, 15) is 4.79 Å². The van der Waals surface area contributed by atoms with Gasteiger partial charge >= 0.3 is 5.97 Å². The van der Waals surface area contributed by atoms with Crippen molar-refractivity contribution in [3.05, 3.63) is 41.3 Å². The van der Waals surface area contributed by atoms with Crippen molar-refractivity contribution in [2.75, 3.05) is 0 Å². The summed E-state index contributed by atoms with van der Waals surface area (Å²) in [4.78, 5) is 14.9. The molecule has 0 aliphatic rings. The smallest absolute Gasteiger partial charge is 0.311 e. The van der Waals surface area contributed by atoms with E-state index >= 15 is 0 Å². The molecule has 4 nitrogen and oxygen atoms in total. The van der Waals surface area contributed by atoms with Crippen molar-refractivity contribution in [1.29, 1.82) is 0 Å². The Labute approximate surface area is 105 Å². The molecule has 18 heavy (non-hydrogen) atoms. The van der Waals surface area contributed by atoms with Crippen LogP contribution in [0.25, 0.3) is 11.5 Å². The highest BCUT2D eigenvalue weighted by molar-refractivity contribution is 5.70. The Kier molecular flexibility index (Phi) is 3.46. The number of hydrogen-bond acceptors (Lipinski definition) is 3. The maximum atomic E-state index is 10.7. The Morgan fingerprint density at radius 3 is 2.56 bits per heavy atom. The molecule has 0 spiro atoms. The lowest BCUT2D eigenvalue weighted by Gasteiger charge is -1.98. The number of hydrogen-bond donors (Lipinski definition) is 1. The number of carbonyl (C=O) groups is 1. The zero-order valence-corrected chi connectivity index (χ0v) is 10.4. The number of oxazole rings is 1. The molecule has 0 aliphatic carbocycles. The van der Waals surface area contributed by atoms with Crippen LogP contribution in [0.3, 0.4) is 0 Å². The van der Waals surface area contributed by atoms with Gasteiger partial charge < -0.3 is 9.52 Å². The van der Waals surface area contributed by atoms with E-state index in [0.29, 0.717) is 17.3 Å². The predicted molar refractivity (Wildman–Crippen MR) is 67.4 cm³/mol. The van der Waals surface area contributed by atoms with Crippen molar-refractivity contribution < 1.29 is 14.3 Å². The molecule has 0 saturated heterocycles. The minimum atomic E-state index is -0.915. The lowest BCUT2D eigenvalue weighted by Crippen LogP contribution is -1.99. The highest BCUT2D eigenvalue weighted by Crippen LogP contribution is 2.22. The van der Waals surface area contributed by atoms with Crippen LogP contribution in [0, 0.1) is 6.92 Å². The molecular formula is C14H15NO3. The number of aryl methyl sites for hydroxylation is 2. The molecule has 94 valence electrons. The molecule has 0 radical (unpaired) electrons. The summed E-state index contributed by atoms with van der Waals surface area (Å²) in [7, 11) is 0. The maximum absolute atomic E-state index is 10.7. The van der Waals surface area contributed by atoms with Gasteiger partial charge in [-0.2, -0.15) is 0 Å². The molecule has 0 saturated carbocycles. The van der Waals surface area contributed by atoms with Crippen molar-refractivity contribution in [1.82, 2.24) is 4.98 Å². The lowest BCUT2D eigenvalue weighted by molar-refractivity contribution is -0.136. The average Bonchev–Trinajstić information content (AvgIpc) is 2.70. The third-order valence-electron chi connectivity index (χ3n) is 2.81. The Morgan fingerprint density at radius 2 is 2.00 bits per heavy atom. The van der Waals surface area contributed by atoms with Gasteiger partial charge in [-0.3, -0.25) is 4.79 Å². The van der Waals surface area contributed by atoms with Crippen molar-refractivity contribution in [3.63, 3.8) is 0 Å². The van der Waals surface area contributed by atoms with Crippen LogP contribution < -0.4 is 0 Å². The van der Waals surface area contributed by atoms with Crippen LogP contribution >= 0.6 is 0 Å². The molecule has 0 unspecified atom stereocenters. The fourth-order valence-electron chi connectivity index (χ4n) is 1.74. The number of aliphatic carboxylic acids is 1. The van der Waals surface area contributed by atoms with Gasteiger partial charge in [0, 0.05) is 5.56 Å². The molecule has 0 atom stereocenters. The summed E-state index contributed by atoms with van der Waals surface area (Å²) in [5.74, 6) is -0.0226. The van der Waals surface area contributed by atoms with Gasteiger partial charge in [0.1, 0.15) is 12.2 Å². The SMILES string of the molecule is CCc1ccc(-c2nc(C)c(CC(=O)O)o2)cc1. The van der Waals surface area contributed by atoms with Gasteiger partial charge in [0.2, 0.25) is 5.89 Å². The molecule has 1 heterocycles. The van der Waals surface area contributed by atoms with E-state index in [-0.39, 0.29) is 6.42 Å². The van der Waals surface area contributed by atoms with Crippen LogP contribution in [-0.2, 0) is 17.6 Å². The quantitative estimate of drug-likeness (QED) is 0.899. The second-order valence-electron chi connectivity index (χ2n) is 4.15. The number of aromatic nitrogens is 1. The van der Waals surface area contributed by atoms with E-state index in [1.807, 2.05) is 24.3 Å². The van der Waals surface area contributed by atoms with Gasteiger partial charge in [-0.05, 0) is 31.0 Å². The second kappa shape index (κ2) is 5.04. The van der Waals surface area contributed by atoms with Gasteiger partial charge in [0.25, 0.3) is 0 Å². The summed E-state index contributed by atoms with van der Waals surface area (Å²) in [5.41, 5.74) is 2.74. The Hall–Kier alpha value is -2.10. The average molecular weight is 245 g/mol. The number of nitrogens with zero attached hydrogens (tertiary/aromatic N) is 1. The first-order valence-corrected chi connectivity index (χ1v) is 5.87. The summed E-state index contributed by atoms with van der Waals surface area (Å²) in [6.45, 7) is 3.85. The third-order valence-corrected chi connectivity index (χ3v) is 2.81. The zero-order valence-electron chi connectivity index (χ0n) is 10.4. The van der Waals surface area contributed by atoms with E-state index < -0.39 is 5.97 Å². The van der Waals surface area contributed by atoms with Gasteiger partial charge in [0.05, 0.1) is 5.69 Å². The monoisotopic (exact) mass is 245 g/mol. The topological polar surface area (TPSA) is 63.3 Å². The summed E-state index contributed by atoms with van der Waals surface area (Å²) >= 11 is 0. The van der Waals surface area contributed by atoms with E-state index in [0.717, 1.165) is 12.0 Å². The zero-order chi connectivity index (χ0) is 13.1. The minimum Gasteiger partial charge on any atom is -0.481 e. The first-order chi connectivity index (χ1) is 8.60. The van der Waals surface area contributed by atoms with Gasteiger partial charge in [0.15, 0.2) is 0 Å². The van der Waals surface area contributed by atoms with Crippen LogP contribution in [0.1, 0.15) is 23.9 Å². The van der Waals surface area contributed by atoms with E-state index in [1.54, 1.807) is 6.92 Å². The number of benzene rings is 1. The number of carboxylic acid groups (broad SMARTS) is 1. The second-order valence-corrected chi connectivity index (χ2v) is 4.15. The molecule has 0 bridgehead atoms. The summed E-state index contributed by atoms with van der Waals surface area (Å²) in [6.07, 6.45) is 0.848. The lowest BCUT2D eigenvalue weighted by atomic mass is 10.1. The maximum Gasteiger partial charge on any atom is 0.311 e. The van der Waals surface area contributed by atoms with E-state index in [4.69, 9.17) is 9.52 Å². The van der Waals surface area contributed by atoms with Crippen molar-refractivity contribution >= 4 is 5.97 Å². The van der Waals surface area contributed by atoms with Crippen molar-refractivity contribution in [3.8, 4) is 11.5 Å². The summed E-state index contributed by atoms with van der Waals surface area (Å²) in [5, 5.41) is 8.75. The normalized spacial score (nSPS) is 10.6. The minimum absolute atomic E-state index is 0.133. The van der Waals surface area contributed by atoms with Crippen molar-refractivity contribution in [2.45, 2.75) is 26.7 Å². The molecule has 0 fully saturated rings. The van der Waals surface area contributed by atoms with E-state index in [2.05, 4.69) is 11.9 Å². The van der Waals surface area contributed by atoms with Crippen LogP contribution in [0.15, 0.2) is 28.7 Å². The van der Waals surface area contributed by atoms with Crippen LogP contribution in [-0.4, -0.2) is 16.1 Å². The van der Waals surface area contributed by atoms with Gasteiger partial charge in [-0.15, -0.1) is 0 Å². The predicted octanol–water partition coefficient (Wildman–Crippen LogP) is 2.84.